The number of benzene rings is 4. The number of phosphoric ester groups is 1. The average molecular weight is 462 g/mol. The normalized spacial score (nSPS) is 10.7. The Morgan fingerprint density at radius 2 is 0.909 bits per heavy atom. The quantitative estimate of drug-likeness (QED) is 0.160. The number of carbonyl (C=O) groups excluding carboxylic acids is 1. The van der Waals surface area contributed by atoms with Gasteiger partial charge in [-0.25, -0.2) is 4.79 Å². The Morgan fingerprint density at radius 1 is 0.485 bits per heavy atom. The lowest BCUT2D eigenvalue weighted by Crippen LogP contribution is -2.15. The first-order chi connectivity index (χ1) is 16.1. The zero-order valence-corrected chi connectivity index (χ0v) is 18.2. The fraction of sp³-hybridized carbons (Fsp3) is 0. The van der Waals surface area contributed by atoms with Crippen molar-refractivity contribution < 1.29 is 32.4 Å². The van der Waals surface area contributed by atoms with E-state index in [1.54, 1.807) is 103 Å². The van der Waals surface area contributed by atoms with E-state index in [0.717, 1.165) is 0 Å². The van der Waals surface area contributed by atoms with Gasteiger partial charge in [0.1, 0.15) is 17.2 Å². The van der Waals surface area contributed by atoms with Gasteiger partial charge in [-0.15, -0.1) is 0 Å². The van der Waals surface area contributed by atoms with Gasteiger partial charge in [-0.3, -0.25) is 0 Å². The van der Waals surface area contributed by atoms with E-state index in [0.29, 0.717) is 5.75 Å². The first-order valence-corrected chi connectivity index (χ1v) is 11.4. The lowest BCUT2D eigenvalue weighted by atomic mass is 10.3. The number of hydrogen-bond acceptors (Lipinski definition) is 7. The van der Waals surface area contributed by atoms with E-state index >= 15 is 0 Å². The molecule has 0 aromatic heterocycles. The van der Waals surface area contributed by atoms with Gasteiger partial charge in [0.05, 0.1) is 0 Å². The first kappa shape index (κ1) is 22.0. The SMILES string of the molecule is O=C(Oc1ccccc1)Oc1ccccc1OP(=O)(Oc1ccccc1)Oc1ccccc1. The predicted octanol–water partition coefficient (Wildman–Crippen LogP) is 6.91. The topological polar surface area (TPSA) is 80.3 Å². The van der Waals surface area contributed by atoms with Crippen molar-refractivity contribution in [2.45, 2.75) is 0 Å². The molecule has 8 heteroatoms. The van der Waals surface area contributed by atoms with Crippen molar-refractivity contribution in [2.24, 2.45) is 0 Å². The summed E-state index contributed by atoms with van der Waals surface area (Å²) in [5.41, 5.74) is 0. The minimum atomic E-state index is -4.25. The summed E-state index contributed by atoms with van der Waals surface area (Å²) in [6.07, 6.45) is -0.986. The molecular weight excluding hydrogens is 443 g/mol. The smallest absolute Gasteiger partial charge is 0.395 e. The molecule has 0 N–H and O–H groups in total. The maximum Gasteiger partial charge on any atom is 0.647 e. The molecule has 7 nitrogen and oxygen atoms in total. The fourth-order valence-electron chi connectivity index (χ4n) is 2.70. The summed E-state index contributed by atoms with van der Waals surface area (Å²) in [6.45, 7) is 0. The van der Waals surface area contributed by atoms with Gasteiger partial charge in [0.2, 0.25) is 0 Å². The summed E-state index contributed by atoms with van der Waals surface area (Å²) in [4.78, 5) is 12.3. The van der Waals surface area contributed by atoms with Crippen LogP contribution in [0.2, 0.25) is 0 Å². The molecule has 0 amide bonds. The summed E-state index contributed by atoms with van der Waals surface area (Å²) < 4.78 is 40.9. The lowest BCUT2D eigenvalue weighted by molar-refractivity contribution is 0.150. The third-order valence-electron chi connectivity index (χ3n) is 4.12. The van der Waals surface area contributed by atoms with E-state index < -0.39 is 14.0 Å². The minimum Gasteiger partial charge on any atom is -0.395 e. The second-order valence-corrected chi connectivity index (χ2v) is 8.00. The number of rotatable bonds is 8. The minimum absolute atomic E-state index is 0.0213. The van der Waals surface area contributed by atoms with Crippen molar-refractivity contribution in [2.75, 3.05) is 0 Å². The van der Waals surface area contributed by atoms with Gasteiger partial charge in [-0.05, 0) is 48.5 Å². The van der Waals surface area contributed by atoms with E-state index in [9.17, 15) is 9.36 Å². The van der Waals surface area contributed by atoms with E-state index in [4.69, 9.17) is 23.0 Å². The molecule has 0 saturated heterocycles. The molecule has 0 aliphatic carbocycles. The van der Waals surface area contributed by atoms with Gasteiger partial charge < -0.3 is 23.0 Å². The fourth-order valence-corrected chi connectivity index (χ4v) is 3.97. The van der Waals surface area contributed by atoms with Crippen molar-refractivity contribution in [3.63, 3.8) is 0 Å². The van der Waals surface area contributed by atoms with Crippen LogP contribution in [0.25, 0.3) is 0 Å². The van der Waals surface area contributed by atoms with Crippen LogP contribution in [0, 0.1) is 0 Å². The molecule has 0 unspecified atom stereocenters. The first-order valence-electron chi connectivity index (χ1n) is 9.92. The van der Waals surface area contributed by atoms with Crippen molar-refractivity contribution >= 4 is 14.0 Å². The highest BCUT2D eigenvalue weighted by Crippen LogP contribution is 2.51. The van der Waals surface area contributed by atoms with Gasteiger partial charge in [0.25, 0.3) is 0 Å². The molecule has 0 atom stereocenters. The Bertz CT molecular complexity index is 1190. The van der Waals surface area contributed by atoms with Gasteiger partial charge in [0.15, 0.2) is 11.5 Å². The van der Waals surface area contributed by atoms with Crippen LogP contribution < -0.4 is 23.0 Å². The highest BCUT2D eigenvalue weighted by molar-refractivity contribution is 7.49. The van der Waals surface area contributed by atoms with Gasteiger partial charge in [-0.1, -0.05) is 66.7 Å². The molecule has 0 radical (unpaired) electrons. The Labute approximate surface area is 190 Å². The Kier molecular flexibility index (Phi) is 6.93. The molecule has 0 spiro atoms. The monoisotopic (exact) mass is 462 g/mol. The number of para-hydroxylation sites is 5. The Hall–Kier alpha value is -4.22. The van der Waals surface area contributed by atoms with Crippen LogP contribution in [0.3, 0.4) is 0 Å². The molecule has 166 valence electrons. The lowest BCUT2D eigenvalue weighted by Gasteiger charge is -2.20. The number of phosphoric acid groups is 1. The van der Waals surface area contributed by atoms with Crippen molar-refractivity contribution in [3.05, 3.63) is 115 Å². The summed E-state index contributed by atoms with van der Waals surface area (Å²) in [7, 11) is -4.25. The van der Waals surface area contributed by atoms with Crippen molar-refractivity contribution in [1.29, 1.82) is 0 Å². The Balaban J connectivity index is 1.57. The molecule has 0 bridgehead atoms. The third-order valence-corrected chi connectivity index (χ3v) is 5.41. The average Bonchev–Trinajstić information content (AvgIpc) is 2.82. The molecule has 0 fully saturated rings. The van der Waals surface area contributed by atoms with E-state index in [1.807, 2.05) is 0 Å². The number of hydrogen-bond donors (Lipinski definition) is 0. The van der Waals surface area contributed by atoms with Crippen LogP contribution in [0.15, 0.2) is 115 Å². The van der Waals surface area contributed by atoms with Crippen molar-refractivity contribution in [3.8, 4) is 28.7 Å². The number of ether oxygens (including phenoxy) is 2. The number of carbonyl (C=O) groups is 1. The largest absolute Gasteiger partial charge is 0.647 e. The molecule has 4 aromatic rings. The molecule has 4 aromatic carbocycles. The van der Waals surface area contributed by atoms with Gasteiger partial charge >= 0.3 is 14.0 Å². The second-order valence-electron chi connectivity index (χ2n) is 6.56. The van der Waals surface area contributed by atoms with Crippen LogP contribution in [-0.2, 0) is 4.57 Å². The standard InChI is InChI=1S/C25H19O7P/c26-25(28-20-12-4-1-5-13-20)29-23-18-10-11-19-24(23)32-33(27,30-21-14-6-2-7-15-21)31-22-16-8-3-9-17-22/h1-19H. The Morgan fingerprint density at radius 3 is 1.42 bits per heavy atom. The second kappa shape index (κ2) is 10.4. The van der Waals surface area contributed by atoms with Gasteiger partial charge in [0, 0.05) is 0 Å². The molecule has 33 heavy (non-hydrogen) atoms. The summed E-state index contributed by atoms with van der Waals surface area (Å²) in [5.74, 6) is 0.813. The maximum atomic E-state index is 13.6. The summed E-state index contributed by atoms with van der Waals surface area (Å²) in [5, 5.41) is 0. The van der Waals surface area contributed by atoms with E-state index in [-0.39, 0.29) is 23.0 Å². The molecule has 4 rings (SSSR count). The highest BCUT2D eigenvalue weighted by atomic mass is 31.2. The van der Waals surface area contributed by atoms with Crippen LogP contribution in [0.5, 0.6) is 28.7 Å². The van der Waals surface area contributed by atoms with Gasteiger partial charge in [-0.2, -0.15) is 4.57 Å². The van der Waals surface area contributed by atoms with Crippen LogP contribution in [0.4, 0.5) is 4.79 Å². The molecule has 0 heterocycles. The molecule has 0 aliphatic heterocycles. The molecule has 0 saturated carbocycles. The molecule has 0 aliphatic rings. The van der Waals surface area contributed by atoms with E-state index in [1.165, 1.54) is 12.1 Å². The van der Waals surface area contributed by atoms with Crippen molar-refractivity contribution in [1.82, 2.24) is 0 Å². The van der Waals surface area contributed by atoms with Crippen LogP contribution >= 0.6 is 7.82 Å². The highest BCUT2D eigenvalue weighted by Gasteiger charge is 2.34. The maximum absolute atomic E-state index is 13.6. The predicted molar refractivity (Wildman–Crippen MR) is 122 cm³/mol. The zero-order valence-electron chi connectivity index (χ0n) is 17.3. The summed E-state index contributed by atoms with van der Waals surface area (Å²) >= 11 is 0. The molecular formula is C25H19O7P. The zero-order chi connectivity index (χ0) is 22.9. The van der Waals surface area contributed by atoms with Crippen LogP contribution in [0.1, 0.15) is 0 Å². The third kappa shape index (κ3) is 6.38. The summed E-state index contributed by atoms with van der Waals surface area (Å²) in [6, 6.07) is 31.6. The van der Waals surface area contributed by atoms with Crippen LogP contribution in [-0.4, -0.2) is 6.16 Å². The van der Waals surface area contributed by atoms with E-state index in [2.05, 4.69) is 0 Å².